The van der Waals surface area contributed by atoms with E-state index in [-0.39, 0.29) is 22.9 Å². The van der Waals surface area contributed by atoms with E-state index in [0.29, 0.717) is 0 Å². The van der Waals surface area contributed by atoms with Crippen molar-refractivity contribution in [3.05, 3.63) is 17.3 Å². The van der Waals surface area contributed by atoms with Crippen molar-refractivity contribution in [2.24, 2.45) is 0 Å². The fourth-order valence-corrected chi connectivity index (χ4v) is 3.32. The van der Waals surface area contributed by atoms with E-state index >= 15 is 0 Å². The first kappa shape index (κ1) is 22.7. The second kappa shape index (κ2) is 9.06. The lowest BCUT2D eigenvalue weighted by Crippen LogP contribution is -2.40. The van der Waals surface area contributed by atoms with Crippen LogP contribution in [0.4, 0.5) is 8.78 Å². The van der Waals surface area contributed by atoms with Crippen molar-refractivity contribution in [2.45, 2.75) is 51.7 Å². The zero-order valence-corrected chi connectivity index (χ0v) is 17.2. The molecular weight excluding hydrogens is 446 g/mol. The number of carbonyl (C=O) groups excluding carboxylic acids is 3. The lowest BCUT2D eigenvalue weighted by atomic mass is 10.1. The molecule has 14 heteroatoms. The number of ether oxygens (including phenoxy) is 4. The minimum absolute atomic E-state index is 0.00344. The summed E-state index contributed by atoms with van der Waals surface area (Å²) in [4.78, 5) is 45.8. The van der Waals surface area contributed by atoms with Gasteiger partial charge in [0.25, 0.3) is 6.43 Å². The molecule has 168 valence electrons. The van der Waals surface area contributed by atoms with Crippen LogP contribution >= 0.6 is 11.6 Å². The minimum atomic E-state index is -3.01. The number of aromatic nitrogens is 4. The van der Waals surface area contributed by atoms with E-state index in [9.17, 15) is 23.2 Å². The first-order valence-corrected chi connectivity index (χ1v) is 9.27. The molecule has 1 aliphatic heterocycles. The third-order valence-corrected chi connectivity index (χ3v) is 4.47. The highest BCUT2D eigenvalue weighted by molar-refractivity contribution is 6.33. The molecule has 0 N–H and O–H groups in total. The van der Waals surface area contributed by atoms with Crippen LogP contribution < -0.4 is 0 Å². The predicted molar refractivity (Wildman–Crippen MR) is 96.9 cm³/mol. The first-order valence-electron chi connectivity index (χ1n) is 8.89. The van der Waals surface area contributed by atoms with Gasteiger partial charge in [-0.2, -0.15) is 0 Å². The monoisotopic (exact) mass is 462 g/mol. The highest BCUT2D eigenvalue weighted by Crippen LogP contribution is 2.36. The maximum absolute atomic E-state index is 13.2. The van der Waals surface area contributed by atoms with Gasteiger partial charge in [0, 0.05) is 20.8 Å². The Hall–Kier alpha value is -2.93. The highest BCUT2D eigenvalue weighted by Gasteiger charge is 2.51. The molecule has 0 saturated carbocycles. The molecule has 1 aliphatic rings. The molecule has 0 bridgehead atoms. The van der Waals surface area contributed by atoms with E-state index in [1.54, 1.807) is 0 Å². The molecule has 0 aromatic carbocycles. The van der Waals surface area contributed by atoms with E-state index in [1.807, 2.05) is 0 Å². The Labute approximate surface area is 178 Å². The molecule has 3 rings (SSSR count). The molecule has 11 nitrogen and oxygen atoms in total. The summed E-state index contributed by atoms with van der Waals surface area (Å²) in [5.74, 6) is -2.89. The van der Waals surface area contributed by atoms with Crippen LogP contribution in [0.2, 0.25) is 5.15 Å². The number of nitrogens with zero attached hydrogens (tertiary/aromatic N) is 4. The van der Waals surface area contributed by atoms with Gasteiger partial charge in [0.05, 0.1) is 6.33 Å². The summed E-state index contributed by atoms with van der Waals surface area (Å²) in [7, 11) is 0. The Balaban J connectivity index is 2.07. The SMILES string of the molecule is CC(=O)OC[C@H]1O[C@@H](n2cnc3c(Cl)nc(C(F)F)nc32)C(OC(C)=O)C1OC(C)=O. The average Bonchev–Trinajstić information content (AvgIpc) is 3.21. The van der Waals surface area contributed by atoms with Gasteiger partial charge in [-0.05, 0) is 0 Å². The average molecular weight is 463 g/mol. The Bertz CT molecular complexity index is 1020. The number of imidazole rings is 1. The number of hydrogen-bond donors (Lipinski definition) is 0. The Morgan fingerprint density at radius 2 is 1.77 bits per heavy atom. The van der Waals surface area contributed by atoms with E-state index in [1.165, 1.54) is 17.8 Å². The standard InChI is InChI=1S/C17H17ClF2N4O7/c1-6(25)28-4-9-11(29-7(2)26)12(30-8(3)27)17(31-9)24-5-21-10-13(18)22-15(14(19)20)23-16(10)24/h5,9,11-12,14,17H,4H2,1-3H3/t9-,11?,12?,17-/m1/s1. The fourth-order valence-electron chi connectivity index (χ4n) is 3.10. The number of fused-ring (bicyclic) bond motifs is 1. The predicted octanol–water partition coefficient (Wildman–Crippen LogP) is 1.74. The zero-order valence-electron chi connectivity index (χ0n) is 16.5. The largest absolute Gasteiger partial charge is 0.463 e. The molecule has 31 heavy (non-hydrogen) atoms. The summed E-state index contributed by atoms with van der Waals surface area (Å²) in [6, 6.07) is 0. The number of hydrogen-bond acceptors (Lipinski definition) is 10. The molecule has 3 heterocycles. The van der Waals surface area contributed by atoms with Crippen LogP contribution in [0.15, 0.2) is 6.33 Å². The molecule has 0 radical (unpaired) electrons. The second-order valence-corrected chi connectivity index (χ2v) is 6.87. The molecule has 2 aromatic heterocycles. The van der Waals surface area contributed by atoms with Crippen LogP contribution in [0.1, 0.15) is 39.2 Å². The van der Waals surface area contributed by atoms with Gasteiger partial charge in [0.1, 0.15) is 18.2 Å². The lowest BCUT2D eigenvalue weighted by molar-refractivity contribution is -0.166. The van der Waals surface area contributed by atoms with Gasteiger partial charge in [-0.1, -0.05) is 11.6 Å². The van der Waals surface area contributed by atoms with E-state index in [2.05, 4.69) is 15.0 Å². The van der Waals surface area contributed by atoms with E-state index < -0.39 is 54.7 Å². The number of alkyl halides is 2. The molecule has 0 spiro atoms. The Morgan fingerprint density at radius 1 is 1.13 bits per heavy atom. The van der Waals surface area contributed by atoms with Gasteiger partial charge in [-0.3, -0.25) is 19.0 Å². The summed E-state index contributed by atoms with van der Waals surface area (Å²) in [5.41, 5.74) is -0.115. The van der Waals surface area contributed by atoms with Crippen molar-refractivity contribution in [3.63, 3.8) is 0 Å². The molecular formula is C17H17ClF2N4O7. The van der Waals surface area contributed by atoms with Gasteiger partial charge in [0.2, 0.25) is 0 Å². The smallest absolute Gasteiger partial charge is 0.303 e. The van der Waals surface area contributed by atoms with Crippen LogP contribution in [0, 0.1) is 0 Å². The normalized spacial score (nSPS) is 23.2. The first-order chi connectivity index (χ1) is 14.6. The summed E-state index contributed by atoms with van der Waals surface area (Å²) in [5, 5.41) is -0.311. The summed E-state index contributed by atoms with van der Waals surface area (Å²) < 4.78 is 48.9. The van der Waals surface area contributed by atoms with Gasteiger partial charge < -0.3 is 18.9 Å². The van der Waals surface area contributed by atoms with Crippen molar-refractivity contribution in [1.29, 1.82) is 0 Å². The van der Waals surface area contributed by atoms with E-state index in [0.717, 1.165) is 13.8 Å². The van der Waals surface area contributed by atoms with Crippen LogP contribution in [-0.2, 0) is 33.3 Å². The van der Waals surface area contributed by atoms with Crippen molar-refractivity contribution < 1.29 is 42.1 Å². The minimum Gasteiger partial charge on any atom is -0.463 e. The lowest BCUT2D eigenvalue weighted by Gasteiger charge is -2.23. The molecule has 1 fully saturated rings. The molecule has 1 saturated heterocycles. The zero-order chi connectivity index (χ0) is 22.9. The topological polar surface area (TPSA) is 132 Å². The number of rotatable bonds is 6. The fraction of sp³-hybridized carbons (Fsp3) is 0.529. The van der Waals surface area contributed by atoms with E-state index in [4.69, 9.17) is 30.5 Å². The van der Waals surface area contributed by atoms with Crippen LogP contribution in [0.25, 0.3) is 11.2 Å². The molecule has 2 unspecified atom stereocenters. The third kappa shape index (κ3) is 4.88. The highest BCUT2D eigenvalue weighted by atomic mass is 35.5. The van der Waals surface area contributed by atoms with Gasteiger partial charge in [-0.25, -0.2) is 23.7 Å². The van der Waals surface area contributed by atoms with Crippen molar-refractivity contribution >= 4 is 40.7 Å². The summed E-state index contributed by atoms with van der Waals surface area (Å²) >= 11 is 5.94. The second-order valence-electron chi connectivity index (χ2n) is 6.51. The number of carbonyl (C=O) groups is 3. The van der Waals surface area contributed by atoms with Crippen molar-refractivity contribution in [3.8, 4) is 0 Å². The van der Waals surface area contributed by atoms with Gasteiger partial charge >= 0.3 is 17.9 Å². The van der Waals surface area contributed by atoms with Crippen LogP contribution in [0.5, 0.6) is 0 Å². The summed E-state index contributed by atoms with van der Waals surface area (Å²) in [6.45, 7) is 3.11. The number of esters is 3. The molecule has 0 aliphatic carbocycles. The third-order valence-electron chi connectivity index (χ3n) is 4.21. The maximum atomic E-state index is 13.2. The van der Waals surface area contributed by atoms with Gasteiger partial charge in [-0.15, -0.1) is 0 Å². The Kier molecular flexibility index (Phi) is 6.65. The molecule has 0 amide bonds. The Morgan fingerprint density at radius 3 is 2.35 bits per heavy atom. The number of halogens is 3. The van der Waals surface area contributed by atoms with Crippen molar-refractivity contribution in [1.82, 2.24) is 19.5 Å². The summed E-state index contributed by atoms with van der Waals surface area (Å²) in [6.07, 6.45) is -6.48. The molecule has 2 aromatic rings. The quantitative estimate of drug-likeness (QED) is 0.355. The molecule has 4 atom stereocenters. The van der Waals surface area contributed by atoms with Crippen molar-refractivity contribution in [2.75, 3.05) is 6.61 Å². The van der Waals surface area contributed by atoms with Crippen LogP contribution in [-0.4, -0.2) is 62.3 Å². The van der Waals surface area contributed by atoms with Gasteiger partial charge in [0.15, 0.2) is 35.1 Å². The maximum Gasteiger partial charge on any atom is 0.303 e. The van der Waals surface area contributed by atoms with Crippen LogP contribution in [0.3, 0.4) is 0 Å².